The van der Waals surface area contributed by atoms with Crippen LogP contribution in [-0.4, -0.2) is 25.1 Å². The molecule has 0 N–H and O–H groups in total. The first-order chi connectivity index (χ1) is 10.5. The lowest BCUT2D eigenvalue weighted by molar-refractivity contribution is 0.152. The Kier molecular flexibility index (Phi) is 5.68. The number of ether oxygens (including phenoxy) is 1. The molecule has 0 saturated carbocycles. The van der Waals surface area contributed by atoms with E-state index in [2.05, 4.69) is 81.4 Å². The van der Waals surface area contributed by atoms with Crippen molar-refractivity contribution < 1.29 is 8.92 Å². The fraction of sp³-hybridized carbons (Fsp3) is 0.368. The van der Waals surface area contributed by atoms with Crippen molar-refractivity contribution in [3.8, 4) is 0 Å². The Morgan fingerprint density at radius 3 is 1.59 bits per heavy atom. The Labute approximate surface area is 136 Å². The first-order valence-electron chi connectivity index (χ1n) is 7.59. The minimum absolute atomic E-state index is 0.0244. The van der Waals surface area contributed by atoms with Gasteiger partial charge in [0.1, 0.15) is 0 Å². The van der Waals surface area contributed by atoms with Crippen molar-refractivity contribution >= 4 is 10.3 Å². The number of hydrogen-bond acceptors (Lipinski definition) is 2. The normalized spacial score (nSPS) is 13.1. The third kappa shape index (κ3) is 3.37. The molecule has 0 aliphatic rings. The van der Waals surface area contributed by atoms with Crippen molar-refractivity contribution in [1.82, 2.24) is 0 Å². The molecule has 0 amide bonds. The van der Waals surface area contributed by atoms with Crippen molar-refractivity contribution in [3.05, 3.63) is 60.7 Å². The summed E-state index contributed by atoms with van der Waals surface area (Å²) in [4.78, 5) is 2.51. The van der Waals surface area contributed by atoms with E-state index in [1.165, 1.54) is 9.79 Å². The molecular formula is C19H26O2S. The smallest absolute Gasteiger partial charge is 0.0835 e. The molecule has 0 saturated heterocycles. The Bertz CT molecular complexity index is 521. The highest BCUT2D eigenvalue weighted by Crippen LogP contribution is 2.71. The first kappa shape index (κ1) is 17.1. The number of methoxy groups -OCH3 is 1. The summed E-state index contributed by atoms with van der Waals surface area (Å²) < 4.78 is 11.8. The molecule has 0 heterocycles. The SMILES string of the molecule is COCCOS(c1ccccc1)(c1ccccc1)C(C)(C)C. The zero-order valence-electron chi connectivity index (χ0n) is 13.9. The van der Waals surface area contributed by atoms with Crippen LogP contribution in [0.3, 0.4) is 0 Å². The van der Waals surface area contributed by atoms with Crippen molar-refractivity contribution in [2.45, 2.75) is 35.3 Å². The quantitative estimate of drug-likeness (QED) is 0.674. The predicted octanol–water partition coefficient (Wildman–Crippen LogP) is 5.29. The maximum Gasteiger partial charge on any atom is 0.0835 e. The number of benzene rings is 2. The summed E-state index contributed by atoms with van der Waals surface area (Å²) in [5.41, 5.74) is 0. The Balaban J connectivity index is 2.59. The van der Waals surface area contributed by atoms with Gasteiger partial charge in [0.05, 0.1) is 13.2 Å². The molecule has 0 aromatic heterocycles. The second-order valence-corrected chi connectivity index (χ2v) is 9.63. The minimum Gasteiger partial charge on any atom is -0.382 e. The lowest BCUT2D eigenvalue weighted by Crippen LogP contribution is -2.28. The Morgan fingerprint density at radius 1 is 0.773 bits per heavy atom. The van der Waals surface area contributed by atoms with Gasteiger partial charge in [-0.3, -0.25) is 0 Å². The van der Waals surface area contributed by atoms with Crippen LogP contribution in [0, 0.1) is 0 Å². The largest absolute Gasteiger partial charge is 0.382 e. The van der Waals surface area contributed by atoms with E-state index in [1.54, 1.807) is 7.11 Å². The van der Waals surface area contributed by atoms with Gasteiger partial charge >= 0.3 is 0 Å². The van der Waals surface area contributed by atoms with Crippen molar-refractivity contribution in [3.63, 3.8) is 0 Å². The van der Waals surface area contributed by atoms with E-state index >= 15 is 0 Å². The van der Waals surface area contributed by atoms with Gasteiger partial charge < -0.3 is 8.92 Å². The van der Waals surface area contributed by atoms with Crippen LogP contribution in [0.4, 0.5) is 0 Å². The minimum atomic E-state index is -1.62. The molecular weight excluding hydrogens is 292 g/mol. The van der Waals surface area contributed by atoms with E-state index in [0.717, 1.165) is 0 Å². The summed E-state index contributed by atoms with van der Waals surface area (Å²) in [7, 11) is 0.0885. The molecule has 0 bridgehead atoms. The van der Waals surface area contributed by atoms with Gasteiger partial charge in [0, 0.05) is 21.6 Å². The molecule has 120 valence electrons. The summed E-state index contributed by atoms with van der Waals surface area (Å²) in [6.45, 7) is 7.97. The topological polar surface area (TPSA) is 18.5 Å². The molecule has 0 spiro atoms. The van der Waals surface area contributed by atoms with Gasteiger partial charge in [-0.25, -0.2) is 0 Å². The summed E-state index contributed by atoms with van der Waals surface area (Å²) in [5.74, 6) is 0. The molecule has 0 aliphatic heterocycles. The zero-order chi connectivity index (χ0) is 16.1. The third-order valence-corrected chi connectivity index (χ3v) is 7.68. The van der Waals surface area contributed by atoms with Crippen LogP contribution in [0.2, 0.25) is 0 Å². The van der Waals surface area contributed by atoms with Gasteiger partial charge in [-0.1, -0.05) is 46.7 Å². The fourth-order valence-electron chi connectivity index (χ4n) is 2.62. The lowest BCUT2D eigenvalue weighted by atomic mass is 10.3. The zero-order valence-corrected chi connectivity index (χ0v) is 14.7. The van der Waals surface area contributed by atoms with E-state index in [-0.39, 0.29) is 4.75 Å². The molecule has 0 radical (unpaired) electrons. The van der Waals surface area contributed by atoms with Gasteiger partial charge in [0.25, 0.3) is 0 Å². The van der Waals surface area contributed by atoms with E-state index < -0.39 is 10.3 Å². The molecule has 0 aliphatic carbocycles. The maximum absolute atomic E-state index is 6.57. The fourth-order valence-corrected chi connectivity index (χ4v) is 6.33. The summed E-state index contributed by atoms with van der Waals surface area (Å²) in [6.07, 6.45) is 0. The molecule has 2 aromatic carbocycles. The van der Waals surface area contributed by atoms with E-state index in [4.69, 9.17) is 8.92 Å². The molecule has 3 heteroatoms. The van der Waals surface area contributed by atoms with Crippen molar-refractivity contribution in [2.75, 3.05) is 20.3 Å². The summed E-state index contributed by atoms with van der Waals surface area (Å²) in [6, 6.07) is 21.2. The van der Waals surface area contributed by atoms with Gasteiger partial charge in [0.2, 0.25) is 0 Å². The highest BCUT2D eigenvalue weighted by Gasteiger charge is 2.41. The third-order valence-electron chi connectivity index (χ3n) is 3.56. The average molecular weight is 318 g/mol. The average Bonchev–Trinajstić information content (AvgIpc) is 2.52. The molecule has 0 unspecified atom stereocenters. The van der Waals surface area contributed by atoms with Crippen LogP contribution in [-0.2, 0) is 8.92 Å². The van der Waals surface area contributed by atoms with E-state index in [0.29, 0.717) is 13.2 Å². The second kappa shape index (κ2) is 7.32. The number of rotatable bonds is 6. The van der Waals surface area contributed by atoms with Crippen LogP contribution in [0.1, 0.15) is 20.8 Å². The molecule has 22 heavy (non-hydrogen) atoms. The van der Waals surface area contributed by atoms with Gasteiger partial charge in [-0.05, 0) is 45.0 Å². The molecule has 0 atom stereocenters. The van der Waals surface area contributed by atoms with Gasteiger partial charge in [-0.15, -0.1) is 0 Å². The lowest BCUT2D eigenvalue weighted by Gasteiger charge is -2.50. The van der Waals surface area contributed by atoms with Crippen molar-refractivity contribution in [1.29, 1.82) is 0 Å². The molecule has 2 rings (SSSR count). The molecule has 2 nitrogen and oxygen atoms in total. The van der Waals surface area contributed by atoms with Crippen LogP contribution in [0.5, 0.6) is 0 Å². The summed E-state index contributed by atoms with van der Waals surface area (Å²) >= 11 is 0. The maximum atomic E-state index is 6.57. The van der Waals surface area contributed by atoms with Crippen LogP contribution < -0.4 is 0 Å². The van der Waals surface area contributed by atoms with E-state index in [1.807, 2.05) is 0 Å². The number of hydrogen-bond donors (Lipinski definition) is 0. The summed E-state index contributed by atoms with van der Waals surface area (Å²) in [5, 5.41) is 0. The molecule has 2 aromatic rings. The molecule has 0 fully saturated rings. The predicted molar refractivity (Wildman–Crippen MR) is 94.6 cm³/mol. The Hall–Kier alpha value is -1.29. The standard InChI is InChI=1S/C19H26O2S/c1-19(2,3)22(21-16-15-20-4,17-11-7-5-8-12-17)18-13-9-6-10-14-18/h5-14H,15-16H2,1-4H3. The van der Waals surface area contributed by atoms with Gasteiger partial charge in [0.15, 0.2) is 0 Å². The van der Waals surface area contributed by atoms with Gasteiger partial charge in [-0.2, -0.15) is 0 Å². The van der Waals surface area contributed by atoms with Crippen LogP contribution in [0.25, 0.3) is 0 Å². The van der Waals surface area contributed by atoms with Crippen molar-refractivity contribution in [2.24, 2.45) is 0 Å². The monoisotopic (exact) mass is 318 g/mol. The second-order valence-electron chi connectivity index (χ2n) is 6.11. The van der Waals surface area contributed by atoms with Crippen LogP contribution >= 0.6 is 10.3 Å². The Morgan fingerprint density at radius 2 is 1.23 bits per heavy atom. The highest BCUT2D eigenvalue weighted by molar-refractivity contribution is 8.31. The first-order valence-corrected chi connectivity index (χ1v) is 9.14. The van der Waals surface area contributed by atoms with E-state index in [9.17, 15) is 0 Å². The van der Waals surface area contributed by atoms with Crippen LogP contribution in [0.15, 0.2) is 70.5 Å². The highest BCUT2D eigenvalue weighted by atomic mass is 32.3.